The van der Waals surface area contributed by atoms with E-state index < -0.39 is 0 Å². The van der Waals surface area contributed by atoms with Crippen LogP contribution in [0.3, 0.4) is 0 Å². The van der Waals surface area contributed by atoms with Gasteiger partial charge >= 0.3 is 0 Å². The summed E-state index contributed by atoms with van der Waals surface area (Å²) in [6, 6.07) is 0.454. The lowest BCUT2D eigenvalue weighted by Crippen LogP contribution is -2.21. The Labute approximate surface area is 116 Å². The molecule has 0 bridgehead atoms. The van der Waals surface area contributed by atoms with E-state index in [-0.39, 0.29) is 0 Å². The minimum absolute atomic E-state index is 0.454. The predicted octanol–water partition coefficient (Wildman–Crippen LogP) is 3.97. The van der Waals surface area contributed by atoms with E-state index in [1.165, 1.54) is 29.8 Å². The van der Waals surface area contributed by atoms with E-state index in [9.17, 15) is 0 Å². The first kappa shape index (κ1) is 15.6. The number of nitrogens with zero attached hydrogens (tertiary/aromatic N) is 2. The number of aryl methyl sites for hydroxylation is 1. The minimum Gasteiger partial charge on any atom is -0.309 e. The molecular weight excluding hydrogens is 242 g/mol. The average molecular weight is 269 g/mol. The summed E-state index contributed by atoms with van der Waals surface area (Å²) >= 11 is 1.57. The van der Waals surface area contributed by atoms with Gasteiger partial charge in [-0.05, 0) is 36.8 Å². The van der Waals surface area contributed by atoms with Gasteiger partial charge in [-0.3, -0.25) is 0 Å². The maximum atomic E-state index is 4.28. The smallest absolute Gasteiger partial charge is 0.0803 e. The van der Waals surface area contributed by atoms with Gasteiger partial charge < -0.3 is 5.32 Å². The highest BCUT2D eigenvalue weighted by molar-refractivity contribution is 7.05. The van der Waals surface area contributed by atoms with Gasteiger partial charge in [0, 0.05) is 6.04 Å². The molecule has 0 radical (unpaired) electrons. The Balaban J connectivity index is 2.61. The number of hydrogen-bond donors (Lipinski definition) is 1. The van der Waals surface area contributed by atoms with Gasteiger partial charge in [-0.2, -0.15) is 0 Å². The van der Waals surface area contributed by atoms with Gasteiger partial charge in [0.05, 0.1) is 10.6 Å². The molecule has 0 saturated carbocycles. The molecule has 1 aromatic heterocycles. The second kappa shape index (κ2) is 8.59. The average Bonchev–Trinajstić information content (AvgIpc) is 2.76. The largest absolute Gasteiger partial charge is 0.309 e. The van der Waals surface area contributed by atoms with Crippen molar-refractivity contribution in [2.75, 3.05) is 6.54 Å². The highest BCUT2D eigenvalue weighted by Crippen LogP contribution is 2.26. The Morgan fingerprint density at radius 1 is 1.22 bits per heavy atom. The molecule has 0 aromatic carbocycles. The summed E-state index contributed by atoms with van der Waals surface area (Å²) in [6.07, 6.45) is 5.98. The second-order valence-corrected chi connectivity index (χ2v) is 6.05. The lowest BCUT2D eigenvalue weighted by molar-refractivity contribution is 0.457. The van der Waals surface area contributed by atoms with E-state index in [2.05, 4.69) is 42.6 Å². The van der Waals surface area contributed by atoms with Gasteiger partial charge in [0.1, 0.15) is 0 Å². The summed E-state index contributed by atoms with van der Waals surface area (Å²) in [6.45, 7) is 9.96. The Bertz CT molecular complexity index is 323. The van der Waals surface area contributed by atoms with Gasteiger partial charge in [-0.1, -0.05) is 51.4 Å². The normalized spacial score (nSPS) is 13.2. The zero-order valence-corrected chi connectivity index (χ0v) is 13.0. The van der Waals surface area contributed by atoms with Gasteiger partial charge in [0.2, 0.25) is 0 Å². The molecule has 3 nitrogen and oxygen atoms in total. The lowest BCUT2D eigenvalue weighted by Gasteiger charge is -2.17. The Morgan fingerprint density at radius 2 is 2.00 bits per heavy atom. The van der Waals surface area contributed by atoms with Gasteiger partial charge in [-0.25, -0.2) is 0 Å². The molecule has 0 saturated heterocycles. The van der Waals surface area contributed by atoms with Crippen LogP contribution < -0.4 is 5.32 Å². The monoisotopic (exact) mass is 269 g/mol. The molecule has 1 heterocycles. The molecule has 18 heavy (non-hydrogen) atoms. The van der Waals surface area contributed by atoms with Crippen LogP contribution in [0, 0.1) is 5.92 Å². The van der Waals surface area contributed by atoms with Crippen molar-refractivity contribution in [2.45, 2.75) is 65.8 Å². The molecule has 0 fully saturated rings. The van der Waals surface area contributed by atoms with Crippen molar-refractivity contribution in [3.8, 4) is 0 Å². The molecule has 0 aliphatic carbocycles. The van der Waals surface area contributed by atoms with Crippen LogP contribution in [0.4, 0.5) is 0 Å². The zero-order chi connectivity index (χ0) is 13.4. The molecule has 0 spiro atoms. The van der Waals surface area contributed by atoms with Crippen LogP contribution in [0.1, 0.15) is 70.0 Å². The third kappa shape index (κ3) is 5.02. The highest BCUT2D eigenvalue weighted by Gasteiger charge is 2.17. The fraction of sp³-hybridized carbons (Fsp3) is 0.857. The summed E-state index contributed by atoms with van der Waals surface area (Å²) in [5.74, 6) is 0.793. The maximum absolute atomic E-state index is 4.28. The quantitative estimate of drug-likeness (QED) is 0.737. The SMILES string of the molecule is CCCc1nnsc1C(CCCC(C)C)NCC. The van der Waals surface area contributed by atoms with Crippen molar-refractivity contribution in [3.05, 3.63) is 10.6 Å². The van der Waals surface area contributed by atoms with Crippen LogP contribution >= 0.6 is 11.5 Å². The molecule has 1 aromatic rings. The Morgan fingerprint density at radius 3 is 2.61 bits per heavy atom. The standard InChI is InChI=1S/C14H27N3S/c1-5-8-13-14(18-17-16-13)12(15-6-2)10-7-9-11(3)4/h11-12,15H,5-10H2,1-4H3. The number of hydrogen-bond acceptors (Lipinski definition) is 4. The van der Waals surface area contributed by atoms with Crippen molar-refractivity contribution in [1.82, 2.24) is 14.9 Å². The highest BCUT2D eigenvalue weighted by atomic mass is 32.1. The molecule has 4 heteroatoms. The predicted molar refractivity (Wildman–Crippen MR) is 79.0 cm³/mol. The van der Waals surface area contributed by atoms with Crippen molar-refractivity contribution >= 4 is 11.5 Å². The van der Waals surface area contributed by atoms with E-state index >= 15 is 0 Å². The van der Waals surface area contributed by atoms with Crippen LogP contribution in [0.2, 0.25) is 0 Å². The maximum Gasteiger partial charge on any atom is 0.0803 e. The summed E-state index contributed by atoms with van der Waals surface area (Å²) in [4.78, 5) is 1.36. The summed E-state index contributed by atoms with van der Waals surface area (Å²) in [5.41, 5.74) is 1.21. The second-order valence-electron chi connectivity index (χ2n) is 5.27. The van der Waals surface area contributed by atoms with Gasteiger partial charge in [0.15, 0.2) is 0 Å². The molecule has 1 rings (SSSR count). The van der Waals surface area contributed by atoms with E-state index in [1.807, 2.05) is 0 Å². The first-order valence-electron chi connectivity index (χ1n) is 7.23. The topological polar surface area (TPSA) is 37.8 Å². The third-order valence-electron chi connectivity index (χ3n) is 3.11. The van der Waals surface area contributed by atoms with Gasteiger partial charge in [0.25, 0.3) is 0 Å². The molecule has 1 atom stereocenters. The number of aromatic nitrogens is 2. The molecule has 0 aliphatic heterocycles. The molecule has 1 N–H and O–H groups in total. The molecule has 0 amide bonds. The third-order valence-corrected chi connectivity index (χ3v) is 3.99. The molecule has 1 unspecified atom stereocenters. The Kier molecular flexibility index (Phi) is 7.44. The summed E-state index contributed by atoms with van der Waals surface area (Å²) < 4.78 is 4.14. The van der Waals surface area contributed by atoms with Crippen LogP contribution in [0.15, 0.2) is 0 Å². The van der Waals surface area contributed by atoms with Crippen LogP contribution in [0.25, 0.3) is 0 Å². The van der Waals surface area contributed by atoms with E-state index in [0.29, 0.717) is 6.04 Å². The fourth-order valence-electron chi connectivity index (χ4n) is 2.19. The summed E-state index contributed by atoms with van der Waals surface area (Å²) in [7, 11) is 0. The van der Waals surface area contributed by atoms with E-state index in [4.69, 9.17) is 0 Å². The van der Waals surface area contributed by atoms with Crippen molar-refractivity contribution in [2.24, 2.45) is 5.92 Å². The first-order chi connectivity index (χ1) is 8.69. The summed E-state index contributed by atoms with van der Waals surface area (Å²) in [5, 5.41) is 7.87. The first-order valence-corrected chi connectivity index (χ1v) is 8.00. The van der Waals surface area contributed by atoms with Crippen LogP contribution in [-0.4, -0.2) is 16.1 Å². The fourth-order valence-corrected chi connectivity index (χ4v) is 3.00. The minimum atomic E-state index is 0.454. The molecular formula is C14H27N3S. The lowest BCUT2D eigenvalue weighted by atomic mass is 10.0. The zero-order valence-electron chi connectivity index (χ0n) is 12.2. The van der Waals surface area contributed by atoms with Crippen LogP contribution in [0.5, 0.6) is 0 Å². The Hall–Kier alpha value is -0.480. The van der Waals surface area contributed by atoms with Gasteiger partial charge in [-0.15, -0.1) is 5.10 Å². The van der Waals surface area contributed by atoms with E-state index in [1.54, 1.807) is 11.5 Å². The number of nitrogens with one attached hydrogen (secondary N) is 1. The van der Waals surface area contributed by atoms with Crippen LogP contribution in [-0.2, 0) is 6.42 Å². The van der Waals surface area contributed by atoms with Crippen molar-refractivity contribution < 1.29 is 0 Å². The van der Waals surface area contributed by atoms with Crippen molar-refractivity contribution in [3.63, 3.8) is 0 Å². The molecule has 104 valence electrons. The van der Waals surface area contributed by atoms with Crippen molar-refractivity contribution in [1.29, 1.82) is 0 Å². The molecule has 0 aliphatic rings. The number of rotatable bonds is 9. The van der Waals surface area contributed by atoms with E-state index in [0.717, 1.165) is 25.3 Å².